The third-order valence-electron chi connectivity index (χ3n) is 1.45. The highest BCUT2D eigenvalue weighted by Crippen LogP contribution is 1.95. The average Bonchev–Trinajstić information content (AvgIpc) is 2.16. The lowest BCUT2D eigenvalue weighted by atomic mass is 10.4. The van der Waals surface area contributed by atoms with Crippen molar-refractivity contribution < 1.29 is 14.6 Å². The Labute approximate surface area is 77.5 Å². The number of carbonyl (C=O) groups excluding carboxylic acids is 1. The molecule has 0 rings (SSSR count). The minimum Gasteiger partial charge on any atom is -0.447 e. The van der Waals surface area contributed by atoms with Gasteiger partial charge < -0.3 is 14.7 Å². The molecule has 0 aliphatic rings. The van der Waals surface area contributed by atoms with E-state index in [9.17, 15) is 4.79 Å². The zero-order valence-electron chi connectivity index (χ0n) is 7.69. The topological polar surface area (TPSA) is 73.6 Å². The number of ether oxygens (including phenoxy) is 1. The van der Waals surface area contributed by atoms with Crippen LogP contribution in [0.4, 0.5) is 4.79 Å². The number of nitrogens with zero attached hydrogens (tertiary/aromatic N) is 2. The van der Waals surface area contributed by atoms with Crippen LogP contribution < -0.4 is 0 Å². The van der Waals surface area contributed by atoms with E-state index >= 15 is 0 Å². The SMILES string of the molecule is CCN(CCC#N)C(=O)OCCO. The number of rotatable bonds is 5. The highest BCUT2D eigenvalue weighted by atomic mass is 16.6. The smallest absolute Gasteiger partial charge is 0.409 e. The van der Waals surface area contributed by atoms with Gasteiger partial charge in [-0.1, -0.05) is 0 Å². The highest BCUT2D eigenvalue weighted by molar-refractivity contribution is 5.67. The van der Waals surface area contributed by atoms with Crippen molar-refractivity contribution in [2.24, 2.45) is 0 Å². The van der Waals surface area contributed by atoms with Crippen LogP contribution in [0.1, 0.15) is 13.3 Å². The van der Waals surface area contributed by atoms with Crippen molar-refractivity contribution in [2.45, 2.75) is 13.3 Å². The summed E-state index contributed by atoms with van der Waals surface area (Å²) in [6, 6.07) is 1.94. The molecule has 0 heterocycles. The zero-order valence-corrected chi connectivity index (χ0v) is 7.69. The molecule has 13 heavy (non-hydrogen) atoms. The Kier molecular flexibility index (Phi) is 6.65. The predicted molar refractivity (Wildman–Crippen MR) is 45.9 cm³/mol. The molecule has 0 atom stereocenters. The fourth-order valence-electron chi connectivity index (χ4n) is 0.788. The summed E-state index contributed by atoms with van der Waals surface area (Å²) in [6.45, 7) is 2.50. The quantitative estimate of drug-likeness (QED) is 0.672. The molecule has 0 unspecified atom stereocenters. The van der Waals surface area contributed by atoms with Crippen LogP contribution in [-0.2, 0) is 4.74 Å². The van der Waals surface area contributed by atoms with Crippen LogP contribution in [0.25, 0.3) is 0 Å². The van der Waals surface area contributed by atoms with Gasteiger partial charge in [0.25, 0.3) is 0 Å². The second kappa shape index (κ2) is 7.37. The minimum absolute atomic E-state index is 0.00187. The Morgan fingerprint density at radius 2 is 2.38 bits per heavy atom. The lowest BCUT2D eigenvalue weighted by molar-refractivity contribution is 0.0862. The van der Waals surface area contributed by atoms with Gasteiger partial charge in [0.2, 0.25) is 0 Å². The van der Waals surface area contributed by atoms with Gasteiger partial charge in [0.15, 0.2) is 0 Å². The first-order valence-electron chi connectivity index (χ1n) is 4.15. The molecule has 0 aromatic heterocycles. The van der Waals surface area contributed by atoms with Crippen LogP contribution >= 0.6 is 0 Å². The monoisotopic (exact) mass is 186 g/mol. The van der Waals surface area contributed by atoms with E-state index < -0.39 is 6.09 Å². The number of hydrogen-bond donors (Lipinski definition) is 1. The van der Waals surface area contributed by atoms with E-state index in [2.05, 4.69) is 4.74 Å². The molecule has 0 aromatic carbocycles. The van der Waals surface area contributed by atoms with Crippen molar-refractivity contribution in [3.63, 3.8) is 0 Å². The van der Waals surface area contributed by atoms with E-state index in [-0.39, 0.29) is 13.2 Å². The molecule has 0 fully saturated rings. The first-order valence-corrected chi connectivity index (χ1v) is 4.15. The maximum absolute atomic E-state index is 11.1. The van der Waals surface area contributed by atoms with E-state index in [4.69, 9.17) is 10.4 Å². The van der Waals surface area contributed by atoms with E-state index in [1.165, 1.54) is 4.90 Å². The third kappa shape index (κ3) is 5.04. The zero-order chi connectivity index (χ0) is 10.1. The fourth-order valence-corrected chi connectivity index (χ4v) is 0.788. The third-order valence-corrected chi connectivity index (χ3v) is 1.45. The Balaban J connectivity index is 3.79. The average molecular weight is 186 g/mol. The molecule has 0 spiro atoms. The summed E-state index contributed by atoms with van der Waals surface area (Å²) < 4.78 is 4.67. The molecule has 0 saturated heterocycles. The number of amides is 1. The van der Waals surface area contributed by atoms with E-state index in [0.717, 1.165) is 0 Å². The summed E-state index contributed by atoms with van der Waals surface area (Å²) in [4.78, 5) is 12.5. The molecule has 0 bridgehead atoms. The molecular formula is C8H14N2O3. The maximum atomic E-state index is 11.1. The van der Waals surface area contributed by atoms with Crippen LogP contribution in [0.3, 0.4) is 0 Å². The van der Waals surface area contributed by atoms with Gasteiger partial charge in [-0.25, -0.2) is 4.79 Å². The molecule has 0 aliphatic heterocycles. The molecular weight excluding hydrogens is 172 g/mol. The van der Waals surface area contributed by atoms with Gasteiger partial charge in [-0.05, 0) is 6.92 Å². The van der Waals surface area contributed by atoms with Gasteiger partial charge in [0, 0.05) is 13.1 Å². The molecule has 74 valence electrons. The van der Waals surface area contributed by atoms with Gasteiger partial charge >= 0.3 is 6.09 Å². The predicted octanol–water partition coefficient (Wildman–Crippen LogP) is 0.351. The number of aliphatic hydroxyl groups is 1. The fraction of sp³-hybridized carbons (Fsp3) is 0.750. The van der Waals surface area contributed by atoms with E-state index in [1.807, 2.05) is 6.07 Å². The van der Waals surface area contributed by atoms with E-state index in [1.54, 1.807) is 6.92 Å². The van der Waals surface area contributed by atoms with E-state index in [0.29, 0.717) is 19.5 Å². The number of nitriles is 1. The number of carbonyl (C=O) groups is 1. The van der Waals surface area contributed by atoms with Crippen LogP contribution in [0.15, 0.2) is 0 Å². The van der Waals surface area contributed by atoms with Crippen molar-refractivity contribution in [1.82, 2.24) is 4.90 Å². The number of hydrogen-bond acceptors (Lipinski definition) is 4. The highest BCUT2D eigenvalue weighted by Gasteiger charge is 2.11. The first kappa shape index (κ1) is 11.7. The van der Waals surface area contributed by atoms with Gasteiger partial charge in [-0.2, -0.15) is 5.26 Å². The largest absolute Gasteiger partial charge is 0.447 e. The van der Waals surface area contributed by atoms with Crippen LogP contribution in [-0.4, -0.2) is 42.4 Å². The Morgan fingerprint density at radius 3 is 2.85 bits per heavy atom. The van der Waals surface area contributed by atoms with Crippen LogP contribution in [0, 0.1) is 11.3 Å². The van der Waals surface area contributed by atoms with Crippen LogP contribution in [0.2, 0.25) is 0 Å². The standard InChI is InChI=1S/C8H14N2O3/c1-2-10(5-3-4-9)8(12)13-7-6-11/h11H,2-3,5-7H2,1H3. The summed E-state index contributed by atoms with van der Waals surface area (Å²) in [7, 11) is 0. The van der Waals surface area contributed by atoms with Crippen molar-refractivity contribution in [3.05, 3.63) is 0 Å². The van der Waals surface area contributed by atoms with Gasteiger partial charge in [0.05, 0.1) is 19.1 Å². The van der Waals surface area contributed by atoms with Crippen molar-refractivity contribution in [1.29, 1.82) is 5.26 Å². The summed E-state index contributed by atoms with van der Waals surface area (Å²) in [5, 5.41) is 16.7. The molecule has 1 N–H and O–H groups in total. The second-order valence-electron chi connectivity index (χ2n) is 2.33. The minimum atomic E-state index is -0.480. The first-order chi connectivity index (χ1) is 6.26. The molecule has 5 heteroatoms. The van der Waals surface area contributed by atoms with Crippen molar-refractivity contribution >= 4 is 6.09 Å². The summed E-state index contributed by atoms with van der Waals surface area (Å²) in [5.41, 5.74) is 0. The summed E-state index contributed by atoms with van der Waals surface area (Å²) in [6.07, 6.45) is -0.186. The normalized spacial score (nSPS) is 9.00. The second-order valence-corrected chi connectivity index (χ2v) is 2.33. The van der Waals surface area contributed by atoms with Gasteiger partial charge in [-0.3, -0.25) is 0 Å². The summed E-state index contributed by atoms with van der Waals surface area (Å²) in [5.74, 6) is 0. The Bertz CT molecular complexity index is 188. The van der Waals surface area contributed by atoms with Crippen molar-refractivity contribution in [2.75, 3.05) is 26.3 Å². The van der Waals surface area contributed by atoms with Crippen molar-refractivity contribution in [3.8, 4) is 6.07 Å². The molecule has 5 nitrogen and oxygen atoms in total. The molecule has 0 radical (unpaired) electrons. The molecule has 0 saturated carbocycles. The maximum Gasteiger partial charge on any atom is 0.409 e. The molecule has 0 aliphatic carbocycles. The Hall–Kier alpha value is -1.28. The number of aliphatic hydroxyl groups excluding tert-OH is 1. The summed E-state index contributed by atoms with van der Waals surface area (Å²) >= 11 is 0. The lowest BCUT2D eigenvalue weighted by Gasteiger charge is -2.18. The lowest BCUT2D eigenvalue weighted by Crippen LogP contribution is -2.32. The molecule has 1 amide bonds. The molecule has 0 aromatic rings. The van der Waals surface area contributed by atoms with Gasteiger partial charge in [0.1, 0.15) is 6.61 Å². The van der Waals surface area contributed by atoms with Crippen LogP contribution in [0.5, 0.6) is 0 Å². The van der Waals surface area contributed by atoms with Gasteiger partial charge in [-0.15, -0.1) is 0 Å². The Morgan fingerprint density at radius 1 is 1.69 bits per heavy atom.